The standard InChI is InChI=1S/C6H6N4O5/c7-6(13)3-1-4(10(14)15)8-9(3)2-5(11)12/h1H,2H2,(H2,7,13)(H,11,12). The van der Waals surface area contributed by atoms with Crippen LogP contribution in [0.2, 0.25) is 0 Å². The number of aliphatic carboxylic acids is 1. The maximum Gasteiger partial charge on any atom is 0.390 e. The number of hydrogen-bond donors (Lipinski definition) is 2. The third-order valence-electron chi connectivity index (χ3n) is 1.49. The lowest BCUT2D eigenvalue weighted by molar-refractivity contribution is -0.389. The van der Waals surface area contributed by atoms with E-state index in [4.69, 9.17) is 10.8 Å². The number of hydrogen-bond acceptors (Lipinski definition) is 5. The van der Waals surface area contributed by atoms with E-state index >= 15 is 0 Å². The highest BCUT2D eigenvalue weighted by molar-refractivity contribution is 5.92. The van der Waals surface area contributed by atoms with Crippen molar-refractivity contribution in [3.05, 3.63) is 21.9 Å². The normalized spacial score (nSPS) is 9.87. The van der Waals surface area contributed by atoms with Crippen molar-refractivity contribution >= 4 is 17.7 Å². The second kappa shape index (κ2) is 3.74. The fourth-order valence-electron chi connectivity index (χ4n) is 0.939. The van der Waals surface area contributed by atoms with E-state index in [-0.39, 0.29) is 5.69 Å². The Hall–Kier alpha value is -2.45. The van der Waals surface area contributed by atoms with Crippen molar-refractivity contribution in [1.82, 2.24) is 9.78 Å². The average Bonchev–Trinajstić information content (AvgIpc) is 2.46. The van der Waals surface area contributed by atoms with E-state index in [1.807, 2.05) is 0 Å². The Morgan fingerprint density at radius 3 is 2.67 bits per heavy atom. The Bertz CT molecular complexity index is 437. The minimum atomic E-state index is -1.28. The molecule has 9 nitrogen and oxygen atoms in total. The summed E-state index contributed by atoms with van der Waals surface area (Å²) in [4.78, 5) is 30.6. The fourth-order valence-corrected chi connectivity index (χ4v) is 0.939. The zero-order chi connectivity index (χ0) is 11.6. The summed E-state index contributed by atoms with van der Waals surface area (Å²) in [5.74, 6) is -2.88. The summed E-state index contributed by atoms with van der Waals surface area (Å²) < 4.78 is 0.669. The fraction of sp³-hybridized carbons (Fsp3) is 0.167. The molecule has 0 fully saturated rings. The quantitative estimate of drug-likeness (QED) is 0.485. The molecule has 1 heterocycles. The molecule has 0 atom stereocenters. The lowest BCUT2D eigenvalue weighted by atomic mass is 10.4. The van der Waals surface area contributed by atoms with Crippen LogP contribution in [0.5, 0.6) is 0 Å². The molecule has 0 aliphatic rings. The van der Waals surface area contributed by atoms with Gasteiger partial charge in [-0.15, -0.1) is 0 Å². The highest BCUT2D eigenvalue weighted by Gasteiger charge is 2.22. The summed E-state index contributed by atoms with van der Waals surface area (Å²) in [6.07, 6.45) is 0. The number of nitro groups is 1. The molecular weight excluding hydrogens is 208 g/mol. The first kappa shape index (κ1) is 10.6. The third-order valence-corrected chi connectivity index (χ3v) is 1.49. The predicted molar refractivity (Wildman–Crippen MR) is 45.0 cm³/mol. The van der Waals surface area contributed by atoms with Gasteiger partial charge in [-0.05, 0) is 4.92 Å². The van der Waals surface area contributed by atoms with E-state index in [1.54, 1.807) is 0 Å². The molecule has 80 valence electrons. The van der Waals surface area contributed by atoms with Gasteiger partial charge in [0.2, 0.25) is 0 Å². The number of nitrogens with two attached hydrogens (primary N) is 1. The molecule has 0 aliphatic heterocycles. The van der Waals surface area contributed by atoms with Crippen molar-refractivity contribution < 1.29 is 19.6 Å². The molecule has 0 unspecified atom stereocenters. The molecule has 0 aromatic carbocycles. The molecule has 0 spiro atoms. The molecule has 1 aromatic rings. The van der Waals surface area contributed by atoms with Gasteiger partial charge in [0.05, 0.1) is 11.2 Å². The van der Waals surface area contributed by atoms with E-state index in [0.29, 0.717) is 4.68 Å². The lowest BCUT2D eigenvalue weighted by Crippen LogP contribution is -2.20. The van der Waals surface area contributed by atoms with Crippen molar-refractivity contribution in [2.24, 2.45) is 5.73 Å². The molecule has 9 heteroatoms. The van der Waals surface area contributed by atoms with Crippen molar-refractivity contribution in [2.75, 3.05) is 0 Å². The van der Waals surface area contributed by atoms with Crippen LogP contribution in [0, 0.1) is 10.1 Å². The molecule has 15 heavy (non-hydrogen) atoms. The van der Waals surface area contributed by atoms with Crippen LogP contribution in [-0.2, 0) is 11.3 Å². The summed E-state index contributed by atoms with van der Waals surface area (Å²) in [6.45, 7) is -0.661. The molecule has 3 N–H and O–H groups in total. The van der Waals surface area contributed by atoms with Gasteiger partial charge in [-0.25, -0.2) is 0 Å². The summed E-state index contributed by atoms with van der Waals surface area (Å²) in [5.41, 5.74) is 4.57. The highest BCUT2D eigenvalue weighted by Crippen LogP contribution is 2.11. The molecule has 0 aliphatic carbocycles. The topological polar surface area (TPSA) is 141 Å². The maximum absolute atomic E-state index is 10.8. The van der Waals surface area contributed by atoms with Gasteiger partial charge in [-0.1, -0.05) is 0 Å². The van der Waals surface area contributed by atoms with Gasteiger partial charge in [-0.2, -0.15) is 4.68 Å². The average molecular weight is 214 g/mol. The zero-order valence-electron chi connectivity index (χ0n) is 7.28. The zero-order valence-corrected chi connectivity index (χ0v) is 7.28. The second-order valence-electron chi connectivity index (χ2n) is 2.56. The van der Waals surface area contributed by atoms with E-state index < -0.39 is 29.2 Å². The molecule has 1 rings (SSSR count). The van der Waals surface area contributed by atoms with Gasteiger partial charge >= 0.3 is 11.8 Å². The lowest BCUT2D eigenvalue weighted by Gasteiger charge is -1.94. The predicted octanol–water partition coefficient (Wildman–Crippen LogP) is -1.03. The number of carboxylic acid groups (broad SMARTS) is 1. The maximum atomic E-state index is 10.8. The first-order valence-electron chi connectivity index (χ1n) is 3.65. The Balaban J connectivity index is 3.17. The van der Waals surface area contributed by atoms with Gasteiger partial charge in [0.1, 0.15) is 0 Å². The van der Waals surface area contributed by atoms with Gasteiger partial charge in [0.15, 0.2) is 12.2 Å². The van der Waals surface area contributed by atoms with Crippen LogP contribution >= 0.6 is 0 Å². The van der Waals surface area contributed by atoms with Crippen LogP contribution in [0.4, 0.5) is 5.82 Å². The Labute approximate surface area is 82.2 Å². The van der Waals surface area contributed by atoms with Crippen LogP contribution < -0.4 is 5.73 Å². The number of amides is 1. The molecule has 0 bridgehead atoms. The molecular formula is C6H6N4O5. The molecule has 0 saturated carbocycles. The SMILES string of the molecule is NC(=O)c1cc([N+](=O)[O-])nn1CC(=O)O. The second-order valence-corrected chi connectivity index (χ2v) is 2.56. The molecule has 1 amide bonds. The third kappa shape index (κ3) is 2.27. The van der Waals surface area contributed by atoms with Gasteiger partial charge in [0, 0.05) is 0 Å². The summed E-state index contributed by atoms with van der Waals surface area (Å²) in [7, 11) is 0. The molecule has 1 aromatic heterocycles. The number of nitrogens with zero attached hydrogens (tertiary/aromatic N) is 3. The van der Waals surface area contributed by atoms with Crippen molar-refractivity contribution in [2.45, 2.75) is 6.54 Å². The van der Waals surface area contributed by atoms with Crippen molar-refractivity contribution in [3.63, 3.8) is 0 Å². The van der Waals surface area contributed by atoms with Crippen LogP contribution in [0.3, 0.4) is 0 Å². The Morgan fingerprint density at radius 2 is 2.27 bits per heavy atom. The van der Waals surface area contributed by atoms with Crippen LogP contribution in [0.1, 0.15) is 10.5 Å². The van der Waals surface area contributed by atoms with Crippen molar-refractivity contribution in [3.8, 4) is 0 Å². The van der Waals surface area contributed by atoms with E-state index in [9.17, 15) is 19.7 Å². The summed E-state index contributed by atoms with van der Waals surface area (Å²) >= 11 is 0. The largest absolute Gasteiger partial charge is 0.480 e. The first-order chi connectivity index (χ1) is 6.91. The van der Waals surface area contributed by atoms with Crippen LogP contribution in [0.15, 0.2) is 6.07 Å². The summed E-state index contributed by atoms with van der Waals surface area (Å²) in [6, 6.07) is 0.825. The van der Waals surface area contributed by atoms with Gasteiger partial charge in [-0.3, -0.25) is 9.59 Å². The minimum absolute atomic E-state index is 0.316. The number of carboxylic acids is 1. The van der Waals surface area contributed by atoms with Crippen molar-refractivity contribution in [1.29, 1.82) is 0 Å². The number of aromatic nitrogens is 2. The summed E-state index contributed by atoms with van der Waals surface area (Å²) in [5, 5.41) is 22.1. The Kier molecular flexibility index (Phi) is 2.65. The molecule has 0 saturated heterocycles. The number of carbonyl (C=O) groups is 2. The molecule has 0 radical (unpaired) electrons. The smallest absolute Gasteiger partial charge is 0.390 e. The number of rotatable bonds is 4. The first-order valence-corrected chi connectivity index (χ1v) is 3.65. The van der Waals surface area contributed by atoms with E-state index in [1.165, 1.54) is 0 Å². The van der Waals surface area contributed by atoms with Gasteiger partial charge < -0.3 is 21.0 Å². The number of primary amides is 1. The highest BCUT2D eigenvalue weighted by atomic mass is 16.6. The Morgan fingerprint density at radius 1 is 1.67 bits per heavy atom. The van der Waals surface area contributed by atoms with E-state index in [0.717, 1.165) is 6.07 Å². The minimum Gasteiger partial charge on any atom is -0.480 e. The van der Waals surface area contributed by atoms with Crippen LogP contribution in [-0.4, -0.2) is 31.7 Å². The number of carbonyl (C=O) groups excluding carboxylic acids is 1. The van der Waals surface area contributed by atoms with Gasteiger partial charge in [0.25, 0.3) is 5.91 Å². The van der Waals surface area contributed by atoms with Crippen LogP contribution in [0.25, 0.3) is 0 Å². The van der Waals surface area contributed by atoms with E-state index in [2.05, 4.69) is 5.10 Å². The monoisotopic (exact) mass is 214 g/mol.